The third kappa shape index (κ3) is 7.48. The summed E-state index contributed by atoms with van der Waals surface area (Å²) in [5.74, 6) is 1.43. The molecule has 0 amide bonds. The number of ether oxygens (including phenoxy) is 1. The molecule has 1 fully saturated rings. The standard InChI is InChI=1S/C22H23N3OS.C4H7N3.C2H6/c1-5-15-8-7-9-19(15)18(6-2)22-25-24-21(27-22)16-10-11-20(26-14(3)4)17(12-16)13-23;5-3-4-6-1-2-7-4;1-2/h5-6,10-12,14H,2,7-9H2,1,3-4H3;1-2H,3,5H2,(H,6,7);1-2H3/b15-5-,19-18+;;. The Morgan fingerprint density at radius 2 is 2.08 bits per heavy atom. The van der Waals surface area contributed by atoms with E-state index in [9.17, 15) is 5.26 Å². The highest BCUT2D eigenvalue weighted by Crippen LogP contribution is 2.39. The highest BCUT2D eigenvalue weighted by atomic mass is 32.1. The summed E-state index contributed by atoms with van der Waals surface area (Å²) in [4.78, 5) is 6.70. The lowest BCUT2D eigenvalue weighted by atomic mass is 10.0. The molecule has 3 N–H and O–H groups in total. The van der Waals surface area contributed by atoms with Crippen molar-refractivity contribution in [1.29, 1.82) is 5.26 Å². The van der Waals surface area contributed by atoms with Crippen molar-refractivity contribution >= 4 is 16.9 Å². The number of hydrogen-bond acceptors (Lipinski definition) is 7. The lowest BCUT2D eigenvalue weighted by molar-refractivity contribution is 0.242. The maximum Gasteiger partial charge on any atom is 0.148 e. The van der Waals surface area contributed by atoms with Crippen LogP contribution >= 0.6 is 11.3 Å². The molecule has 0 radical (unpaired) electrons. The average molecular weight is 505 g/mol. The zero-order valence-electron chi connectivity index (χ0n) is 21.8. The second-order valence-electron chi connectivity index (χ2n) is 7.91. The summed E-state index contributed by atoms with van der Waals surface area (Å²) >= 11 is 1.53. The summed E-state index contributed by atoms with van der Waals surface area (Å²) in [5, 5.41) is 19.9. The number of nitrogens with one attached hydrogen (secondary N) is 1. The molecule has 1 aromatic carbocycles. The van der Waals surface area contributed by atoms with Crippen LogP contribution in [0.3, 0.4) is 0 Å². The van der Waals surface area contributed by atoms with Crippen LogP contribution in [0.4, 0.5) is 0 Å². The Morgan fingerprint density at radius 3 is 2.64 bits per heavy atom. The number of aromatic amines is 1. The molecule has 1 aliphatic rings. The molecule has 1 aliphatic carbocycles. The first-order chi connectivity index (χ1) is 17.5. The van der Waals surface area contributed by atoms with E-state index < -0.39 is 0 Å². The number of hydrogen-bond donors (Lipinski definition) is 2. The van der Waals surface area contributed by atoms with E-state index in [4.69, 9.17) is 10.5 Å². The smallest absolute Gasteiger partial charge is 0.148 e. The summed E-state index contributed by atoms with van der Waals surface area (Å²) in [5.41, 5.74) is 10.4. The maximum absolute atomic E-state index is 9.44. The van der Waals surface area contributed by atoms with Gasteiger partial charge in [-0.1, -0.05) is 43.9 Å². The molecule has 0 bridgehead atoms. The maximum atomic E-state index is 9.44. The monoisotopic (exact) mass is 504 g/mol. The molecular weight excluding hydrogens is 468 g/mol. The van der Waals surface area contributed by atoms with E-state index in [-0.39, 0.29) is 6.10 Å². The van der Waals surface area contributed by atoms with Gasteiger partial charge in [0.2, 0.25) is 0 Å². The normalized spacial score (nSPS) is 14.9. The third-order valence-corrected chi connectivity index (χ3v) is 6.26. The molecule has 8 heteroatoms. The number of allylic oxidation sites excluding steroid dienone is 5. The second kappa shape index (κ2) is 14.8. The largest absolute Gasteiger partial charge is 0.490 e. The molecule has 0 spiro atoms. The molecule has 4 rings (SSSR count). The predicted octanol–water partition coefficient (Wildman–Crippen LogP) is 6.83. The van der Waals surface area contributed by atoms with Gasteiger partial charge in [0.05, 0.1) is 18.2 Å². The van der Waals surface area contributed by atoms with Crippen molar-refractivity contribution in [3.63, 3.8) is 0 Å². The van der Waals surface area contributed by atoms with Crippen LogP contribution in [0.25, 0.3) is 16.1 Å². The fourth-order valence-corrected chi connectivity index (χ4v) is 4.61. The number of H-pyrrole nitrogens is 1. The first-order valence-corrected chi connectivity index (χ1v) is 13.1. The van der Waals surface area contributed by atoms with Crippen molar-refractivity contribution in [2.24, 2.45) is 5.73 Å². The second-order valence-corrected chi connectivity index (χ2v) is 8.88. The zero-order valence-corrected chi connectivity index (χ0v) is 22.7. The average Bonchev–Trinajstić information content (AvgIpc) is 3.68. The molecule has 0 saturated heterocycles. The molecule has 0 unspecified atom stereocenters. The van der Waals surface area contributed by atoms with Crippen molar-refractivity contribution in [3.8, 4) is 22.4 Å². The van der Waals surface area contributed by atoms with Gasteiger partial charge in [0.25, 0.3) is 0 Å². The summed E-state index contributed by atoms with van der Waals surface area (Å²) in [6.07, 6.45) is 10.8. The Bertz CT molecular complexity index is 1220. The zero-order chi connectivity index (χ0) is 26.5. The molecular formula is C28H36N6OS. The highest BCUT2D eigenvalue weighted by molar-refractivity contribution is 7.15. The summed E-state index contributed by atoms with van der Waals surface area (Å²) in [6.45, 7) is 14.5. The van der Waals surface area contributed by atoms with Gasteiger partial charge in [0.1, 0.15) is 27.7 Å². The van der Waals surface area contributed by atoms with Crippen LogP contribution in [0.5, 0.6) is 5.75 Å². The Kier molecular flexibility index (Phi) is 11.8. The fourth-order valence-electron chi connectivity index (χ4n) is 3.70. The summed E-state index contributed by atoms with van der Waals surface area (Å²) < 4.78 is 5.70. The van der Waals surface area contributed by atoms with E-state index in [0.29, 0.717) is 17.9 Å². The SMILES string of the molecule is C=C/C(=C1/CCC/C1=C/C)c1nnc(-c2ccc(OC(C)C)c(C#N)c2)s1.CC.NCc1ncc[nH]1. The highest BCUT2D eigenvalue weighted by Gasteiger charge is 2.20. The molecule has 0 aliphatic heterocycles. The number of benzene rings is 1. The lowest BCUT2D eigenvalue weighted by Crippen LogP contribution is -2.06. The Hall–Kier alpha value is -3.54. The number of imidazole rings is 1. The fraction of sp³-hybridized carbons (Fsp3) is 0.357. The van der Waals surface area contributed by atoms with E-state index in [1.165, 1.54) is 28.9 Å². The minimum atomic E-state index is 0.0186. The van der Waals surface area contributed by atoms with Gasteiger partial charge in [-0.05, 0) is 69.4 Å². The minimum Gasteiger partial charge on any atom is -0.490 e. The first kappa shape index (κ1) is 28.7. The van der Waals surface area contributed by atoms with Crippen LogP contribution in [-0.2, 0) is 6.54 Å². The van der Waals surface area contributed by atoms with Crippen LogP contribution in [0.1, 0.15) is 70.3 Å². The summed E-state index contributed by atoms with van der Waals surface area (Å²) in [7, 11) is 0. The van der Waals surface area contributed by atoms with Gasteiger partial charge in [0, 0.05) is 23.5 Å². The van der Waals surface area contributed by atoms with Crippen molar-refractivity contribution < 1.29 is 4.74 Å². The van der Waals surface area contributed by atoms with Crippen LogP contribution in [0, 0.1) is 11.3 Å². The summed E-state index contributed by atoms with van der Waals surface area (Å²) in [6, 6.07) is 7.78. The van der Waals surface area contributed by atoms with Crippen molar-refractivity contribution in [2.45, 2.75) is 66.5 Å². The van der Waals surface area contributed by atoms with E-state index in [2.05, 4.69) is 45.8 Å². The molecule has 1 saturated carbocycles. The van der Waals surface area contributed by atoms with E-state index >= 15 is 0 Å². The number of rotatable bonds is 6. The van der Waals surface area contributed by atoms with E-state index in [1.807, 2.05) is 52.0 Å². The van der Waals surface area contributed by atoms with Crippen LogP contribution in [0.2, 0.25) is 0 Å². The van der Waals surface area contributed by atoms with E-state index in [1.54, 1.807) is 12.4 Å². The number of nitriles is 1. The van der Waals surface area contributed by atoms with Gasteiger partial charge in [-0.2, -0.15) is 5.26 Å². The van der Waals surface area contributed by atoms with Gasteiger partial charge in [-0.15, -0.1) is 10.2 Å². The van der Waals surface area contributed by atoms with Crippen LogP contribution in [0.15, 0.2) is 60.5 Å². The van der Waals surface area contributed by atoms with Gasteiger partial charge in [-0.3, -0.25) is 0 Å². The quantitative estimate of drug-likeness (QED) is 0.380. The van der Waals surface area contributed by atoms with Crippen molar-refractivity contribution in [3.05, 3.63) is 76.9 Å². The molecule has 2 heterocycles. The number of nitrogens with two attached hydrogens (primary N) is 1. The number of aromatic nitrogens is 4. The predicted molar refractivity (Wildman–Crippen MR) is 148 cm³/mol. The molecule has 36 heavy (non-hydrogen) atoms. The van der Waals surface area contributed by atoms with Gasteiger partial charge in [-0.25, -0.2) is 4.98 Å². The molecule has 190 valence electrons. The Labute approximate surface area is 218 Å². The molecule has 7 nitrogen and oxygen atoms in total. The van der Waals surface area contributed by atoms with Crippen molar-refractivity contribution in [2.75, 3.05) is 0 Å². The number of nitrogens with zero attached hydrogens (tertiary/aromatic N) is 4. The molecule has 0 atom stereocenters. The van der Waals surface area contributed by atoms with Crippen LogP contribution < -0.4 is 10.5 Å². The molecule has 3 aromatic rings. The first-order valence-electron chi connectivity index (χ1n) is 12.2. The van der Waals surface area contributed by atoms with E-state index in [0.717, 1.165) is 39.8 Å². The van der Waals surface area contributed by atoms with Gasteiger partial charge < -0.3 is 15.5 Å². The van der Waals surface area contributed by atoms with Crippen molar-refractivity contribution in [1.82, 2.24) is 20.2 Å². The third-order valence-electron chi connectivity index (χ3n) is 5.25. The molecule has 2 aromatic heterocycles. The van der Waals surface area contributed by atoms with Gasteiger partial charge in [0.15, 0.2) is 0 Å². The minimum absolute atomic E-state index is 0.0186. The Morgan fingerprint density at radius 1 is 1.31 bits per heavy atom. The topological polar surface area (TPSA) is 114 Å². The van der Waals surface area contributed by atoms with Gasteiger partial charge >= 0.3 is 0 Å². The van der Waals surface area contributed by atoms with Crippen LogP contribution in [-0.4, -0.2) is 26.3 Å². The Balaban J connectivity index is 0.000000431. The lowest BCUT2D eigenvalue weighted by Gasteiger charge is -2.11.